The molecule has 0 spiro atoms. The van der Waals surface area contributed by atoms with Gasteiger partial charge in [0.2, 0.25) is 0 Å². The molecular formula is C19H15ClN2O3. The Morgan fingerprint density at radius 1 is 1.16 bits per heavy atom. The van der Waals surface area contributed by atoms with Crippen LogP contribution < -0.4 is 5.43 Å². The summed E-state index contributed by atoms with van der Waals surface area (Å²) in [4.78, 5) is 11.6. The van der Waals surface area contributed by atoms with Gasteiger partial charge in [-0.1, -0.05) is 35.9 Å². The second-order valence-electron chi connectivity index (χ2n) is 5.12. The van der Waals surface area contributed by atoms with Gasteiger partial charge in [0.05, 0.1) is 29.6 Å². The number of ether oxygens (including phenoxy) is 1. The number of hydrazone groups is 1. The molecule has 3 rings (SSSR count). The van der Waals surface area contributed by atoms with Crippen LogP contribution >= 0.6 is 11.6 Å². The zero-order valence-corrected chi connectivity index (χ0v) is 14.2. The van der Waals surface area contributed by atoms with E-state index >= 15 is 0 Å². The number of nitrogens with zero attached hydrogens (tertiary/aromatic N) is 1. The molecule has 0 aliphatic carbocycles. The van der Waals surface area contributed by atoms with Gasteiger partial charge < -0.3 is 9.15 Å². The summed E-state index contributed by atoms with van der Waals surface area (Å²) in [6, 6.07) is 18.2. The van der Waals surface area contributed by atoms with Gasteiger partial charge in [0, 0.05) is 5.56 Å². The predicted octanol–water partition coefficient (Wildman–Crippen LogP) is 4.83. The van der Waals surface area contributed by atoms with Crippen molar-refractivity contribution in [3.05, 3.63) is 77.0 Å². The van der Waals surface area contributed by atoms with Gasteiger partial charge in [0.25, 0.3) is 0 Å². The molecule has 1 aromatic heterocycles. The first-order valence-corrected chi connectivity index (χ1v) is 7.87. The number of rotatable bonds is 5. The van der Waals surface area contributed by atoms with E-state index in [0.717, 1.165) is 11.3 Å². The Labute approximate surface area is 149 Å². The Balaban J connectivity index is 1.73. The second-order valence-corrected chi connectivity index (χ2v) is 5.53. The van der Waals surface area contributed by atoms with Gasteiger partial charge in [-0.25, -0.2) is 4.79 Å². The quantitative estimate of drug-likeness (QED) is 0.405. The molecule has 25 heavy (non-hydrogen) atoms. The number of hydrogen-bond acceptors (Lipinski definition) is 5. The predicted molar refractivity (Wildman–Crippen MR) is 98.2 cm³/mol. The highest BCUT2D eigenvalue weighted by Gasteiger charge is 2.12. The first kappa shape index (κ1) is 16.8. The maximum absolute atomic E-state index is 11.6. The summed E-state index contributed by atoms with van der Waals surface area (Å²) in [5, 5.41) is 4.44. The second kappa shape index (κ2) is 7.68. The van der Waals surface area contributed by atoms with Crippen LogP contribution in [0.2, 0.25) is 5.02 Å². The third-order valence-corrected chi connectivity index (χ3v) is 3.76. The Morgan fingerprint density at radius 3 is 2.68 bits per heavy atom. The number of benzene rings is 2. The SMILES string of the molecule is COC(=O)c1ccc(-c2ccc(/C=N/Nc3ccccc3)o2)cc1Cl. The van der Waals surface area contributed by atoms with E-state index in [1.807, 2.05) is 36.4 Å². The average molecular weight is 355 g/mol. The number of halogens is 1. The van der Waals surface area contributed by atoms with Crippen LogP contribution in [0, 0.1) is 0 Å². The number of anilines is 1. The molecule has 0 atom stereocenters. The molecule has 3 aromatic rings. The van der Waals surface area contributed by atoms with Crippen LogP contribution in [0.5, 0.6) is 0 Å². The molecule has 0 saturated carbocycles. The molecule has 0 fully saturated rings. The molecule has 6 heteroatoms. The third kappa shape index (κ3) is 4.08. The molecule has 126 valence electrons. The minimum atomic E-state index is -0.476. The molecule has 0 aliphatic heterocycles. The highest BCUT2D eigenvalue weighted by molar-refractivity contribution is 6.33. The summed E-state index contributed by atoms with van der Waals surface area (Å²) in [5.41, 5.74) is 4.87. The summed E-state index contributed by atoms with van der Waals surface area (Å²) in [7, 11) is 1.31. The molecule has 5 nitrogen and oxygen atoms in total. The molecule has 0 unspecified atom stereocenters. The minimum absolute atomic E-state index is 0.307. The summed E-state index contributed by atoms with van der Waals surface area (Å²) in [5.74, 6) is 0.738. The molecule has 1 heterocycles. The van der Waals surface area contributed by atoms with Gasteiger partial charge in [-0.05, 0) is 36.4 Å². The zero-order chi connectivity index (χ0) is 17.6. The van der Waals surface area contributed by atoms with Crippen LogP contribution in [0.25, 0.3) is 11.3 Å². The smallest absolute Gasteiger partial charge is 0.339 e. The standard InChI is InChI=1S/C19H15ClN2O3/c1-24-19(23)16-9-7-13(11-17(16)20)18-10-8-15(25-18)12-21-22-14-5-3-2-4-6-14/h2-12,22H,1H3/b21-12+. The fourth-order valence-electron chi connectivity index (χ4n) is 2.20. The average Bonchev–Trinajstić information content (AvgIpc) is 3.11. The van der Waals surface area contributed by atoms with Crippen molar-refractivity contribution in [2.24, 2.45) is 5.10 Å². The van der Waals surface area contributed by atoms with Crippen molar-refractivity contribution in [2.45, 2.75) is 0 Å². The maximum atomic E-state index is 11.6. The first-order chi connectivity index (χ1) is 12.2. The van der Waals surface area contributed by atoms with Gasteiger partial charge in [-0.15, -0.1) is 0 Å². The number of para-hydroxylation sites is 1. The minimum Gasteiger partial charge on any atom is -0.465 e. The van der Waals surface area contributed by atoms with Crippen molar-refractivity contribution >= 4 is 29.5 Å². The molecule has 0 amide bonds. The van der Waals surface area contributed by atoms with Crippen molar-refractivity contribution in [1.82, 2.24) is 0 Å². The van der Waals surface area contributed by atoms with Gasteiger partial charge in [-0.2, -0.15) is 5.10 Å². The number of hydrogen-bond donors (Lipinski definition) is 1. The lowest BCUT2D eigenvalue weighted by Crippen LogP contribution is -2.01. The highest BCUT2D eigenvalue weighted by Crippen LogP contribution is 2.27. The van der Waals surface area contributed by atoms with Crippen molar-refractivity contribution < 1.29 is 13.9 Å². The summed E-state index contributed by atoms with van der Waals surface area (Å²) >= 11 is 6.13. The maximum Gasteiger partial charge on any atom is 0.339 e. The highest BCUT2D eigenvalue weighted by atomic mass is 35.5. The number of esters is 1. The van der Waals surface area contributed by atoms with Crippen LogP contribution in [0.1, 0.15) is 16.1 Å². The molecular weight excluding hydrogens is 340 g/mol. The zero-order valence-electron chi connectivity index (χ0n) is 13.4. The van der Waals surface area contributed by atoms with Gasteiger partial charge >= 0.3 is 5.97 Å². The number of carbonyl (C=O) groups excluding carboxylic acids is 1. The van der Waals surface area contributed by atoms with E-state index in [-0.39, 0.29) is 0 Å². The first-order valence-electron chi connectivity index (χ1n) is 7.49. The van der Waals surface area contributed by atoms with E-state index in [0.29, 0.717) is 22.1 Å². The van der Waals surface area contributed by atoms with Gasteiger partial charge in [-0.3, -0.25) is 5.43 Å². The van der Waals surface area contributed by atoms with Gasteiger partial charge in [0.15, 0.2) is 0 Å². The Bertz CT molecular complexity index is 904. The largest absolute Gasteiger partial charge is 0.465 e. The van der Waals surface area contributed by atoms with Gasteiger partial charge in [0.1, 0.15) is 11.5 Å². The lowest BCUT2D eigenvalue weighted by Gasteiger charge is -2.04. The van der Waals surface area contributed by atoms with Crippen LogP contribution in [0.15, 0.2) is 70.2 Å². The van der Waals surface area contributed by atoms with Crippen molar-refractivity contribution in [2.75, 3.05) is 12.5 Å². The van der Waals surface area contributed by atoms with Crippen LogP contribution in [0.3, 0.4) is 0 Å². The lowest BCUT2D eigenvalue weighted by atomic mass is 10.1. The molecule has 1 N–H and O–H groups in total. The van der Waals surface area contributed by atoms with Crippen LogP contribution in [0.4, 0.5) is 5.69 Å². The number of methoxy groups -OCH3 is 1. The van der Waals surface area contributed by atoms with Crippen LogP contribution in [-0.2, 0) is 4.74 Å². The number of nitrogens with one attached hydrogen (secondary N) is 1. The summed E-state index contributed by atoms with van der Waals surface area (Å²) in [6.07, 6.45) is 1.58. The van der Waals surface area contributed by atoms with E-state index in [9.17, 15) is 4.79 Å². The monoisotopic (exact) mass is 354 g/mol. The lowest BCUT2D eigenvalue weighted by molar-refractivity contribution is 0.0601. The molecule has 0 saturated heterocycles. The molecule has 0 radical (unpaired) electrons. The van der Waals surface area contributed by atoms with E-state index < -0.39 is 5.97 Å². The third-order valence-electron chi connectivity index (χ3n) is 3.44. The van der Waals surface area contributed by atoms with Crippen molar-refractivity contribution in [3.8, 4) is 11.3 Å². The molecule has 2 aromatic carbocycles. The number of carbonyl (C=O) groups is 1. The summed E-state index contributed by atoms with van der Waals surface area (Å²) in [6.45, 7) is 0. The van der Waals surface area contributed by atoms with Crippen molar-refractivity contribution in [3.63, 3.8) is 0 Å². The molecule has 0 aliphatic rings. The fraction of sp³-hybridized carbons (Fsp3) is 0.0526. The molecule has 0 bridgehead atoms. The van der Waals surface area contributed by atoms with Crippen molar-refractivity contribution in [1.29, 1.82) is 0 Å². The Morgan fingerprint density at radius 2 is 1.96 bits per heavy atom. The fourth-order valence-corrected chi connectivity index (χ4v) is 2.46. The van der Waals surface area contributed by atoms with E-state index in [1.54, 1.807) is 30.5 Å². The van der Waals surface area contributed by atoms with E-state index in [2.05, 4.69) is 15.3 Å². The topological polar surface area (TPSA) is 63.8 Å². The summed E-state index contributed by atoms with van der Waals surface area (Å²) < 4.78 is 10.4. The van der Waals surface area contributed by atoms with E-state index in [4.69, 9.17) is 16.0 Å². The Kier molecular flexibility index (Phi) is 5.16. The van der Waals surface area contributed by atoms with Crippen LogP contribution in [-0.4, -0.2) is 19.3 Å². The Hall–Kier alpha value is -3.05. The normalized spacial score (nSPS) is 10.8. The van der Waals surface area contributed by atoms with E-state index in [1.165, 1.54) is 7.11 Å². The number of furan rings is 1.